The summed E-state index contributed by atoms with van der Waals surface area (Å²) in [6.45, 7) is 3.29. The van der Waals surface area contributed by atoms with Crippen LogP contribution >= 0.6 is 11.6 Å². The number of benzene rings is 2. The third-order valence-electron chi connectivity index (χ3n) is 6.11. The van der Waals surface area contributed by atoms with Crippen LogP contribution in [0, 0.1) is 6.92 Å². The zero-order chi connectivity index (χ0) is 24.9. The van der Waals surface area contributed by atoms with Gasteiger partial charge in [-0.25, -0.2) is 8.42 Å². The van der Waals surface area contributed by atoms with E-state index in [1.54, 1.807) is 49.4 Å². The van der Waals surface area contributed by atoms with Crippen molar-refractivity contribution in [2.75, 3.05) is 17.1 Å². The first-order valence-electron chi connectivity index (χ1n) is 11.4. The number of halogens is 1. The van der Waals surface area contributed by atoms with E-state index >= 15 is 0 Å². The molecule has 0 bridgehead atoms. The smallest absolute Gasteiger partial charge is 0.244 e. The number of amides is 2. The summed E-state index contributed by atoms with van der Waals surface area (Å²) in [6, 6.07) is 13.3. The summed E-state index contributed by atoms with van der Waals surface area (Å²) in [5.41, 5.74) is 2.12. The van der Waals surface area contributed by atoms with Gasteiger partial charge in [0.05, 0.1) is 11.9 Å². The van der Waals surface area contributed by atoms with Crippen LogP contribution in [0.25, 0.3) is 0 Å². The van der Waals surface area contributed by atoms with Crippen LogP contribution in [0.2, 0.25) is 5.02 Å². The lowest BCUT2D eigenvalue weighted by Gasteiger charge is -2.32. The lowest BCUT2D eigenvalue weighted by molar-refractivity contribution is -0.139. The zero-order valence-corrected chi connectivity index (χ0v) is 21.4. The maximum atomic E-state index is 13.5. The van der Waals surface area contributed by atoms with Crippen LogP contribution in [0.3, 0.4) is 0 Å². The van der Waals surface area contributed by atoms with E-state index in [2.05, 4.69) is 5.32 Å². The summed E-state index contributed by atoms with van der Waals surface area (Å²) in [7, 11) is -3.74. The fourth-order valence-electron chi connectivity index (χ4n) is 4.13. The Kier molecular flexibility index (Phi) is 8.60. The lowest BCUT2D eigenvalue weighted by atomic mass is 10.1. The predicted molar refractivity (Wildman–Crippen MR) is 135 cm³/mol. The first kappa shape index (κ1) is 26.0. The van der Waals surface area contributed by atoms with Gasteiger partial charge in [-0.2, -0.15) is 0 Å². The van der Waals surface area contributed by atoms with Gasteiger partial charge in [-0.1, -0.05) is 54.3 Å². The van der Waals surface area contributed by atoms with Gasteiger partial charge in [-0.3, -0.25) is 13.9 Å². The standard InChI is InChI=1S/C25H32ClN3O4S/c1-18-11-13-23(14-12-18)29(34(3,32)33)17-24(30)28(16-20-7-6-8-21(26)15-20)19(2)25(31)27-22-9-4-5-10-22/h6-8,11-15,19,22H,4-5,9-10,16-17H2,1-3H3,(H,27,31). The van der Waals surface area contributed by atoms with E-state index in [9.17, 15) is 18.0 Å². The molecule has 2 amide bonds. The molecule has 34 heavy (non-hydrogen) atoms. The summed E-state index contributed by atoms with van der Waals surface area (Å²) in [4.78, 5) is 28.0. The number of rotatable bonds is 9. The van der Waals surface area contributed by atoms with Crippen molar-refractivity contribution in [3.63, 3.8) is 0 Å². The molecular weight excluding hydrogens is 474 g/mol. The quantitative estimate of drug-likeness (QED) is 0.560. The van der Waals surface area contributed by atoms with Gasteiger partial charge >= 0.3 is 0 Å². The molecule has 2 aromatic carbocycles. The molecule has 1 aliphatic rings. The Morgan fingerprint density at radius 1 is 1.12 bits per heavy atom. The van der Waals surface area contributed by atoms with Gasteiger partial charge < -0.3 is 10.2 Å². The number of carbonyl (C=O) groups is 2. The largest absolute Gasteiger partial charge is 0.352 e. The lowest BCUT2D eigenvalue weighted by Crippen LogP contribution is -2.52. The van der Waals surface area contributed by atoms with Gasteiger partial charge in [-0.15, -0.1) is 0 Å². The van der Waals surface area contributed by atoms with Crippen molar-refractivity contribution >= 4 is 39.1 Å². The molecule has 0 spiro atoms. The molecule has 9 heteroatoms. The van der Waals surface area contributed by atoms with Crippen molar-refractivity contribution in [2.45, 2.75) is 58.2 Å². The summed E-state index contributed by atoms with van der Waals surface area (Å²) in [5, 5.41) is 3.56. The van der Waals surface area contributed by atoms with Crippen molar-refractivity contribution in [1.82, 2.24) is 10.2 Å². The Balaban J connectivity index is 1.87. The fourth-order valence-corrected chi connectivity index (χ4v) is 5.19. The summed E-state index contributed by atoms with van der Waals surface area (Å²) in [5.74, 6) is -0.719. The predicted octanol–water partition coefficient (Wildman–Crippen LogP) is 3.89. The molecule has 1 unspecified atom stereocenters. The van der Waals surface area contributed by atoms with E-state index < -0.39 is 28.5 Å². The number of hydrogen-bond acceptors (Lipinski definition) is 4. The Hall–Kier alpha value is -2.58. The molecule has 0 radical (unpaired) electrons. The van der Waals surface area contributed by atoms with Crippen LogP contribution in [-0.4, -0.2) is 50.0 Å². The number of anilines is 1. The molecule has 1 aliphatic carbocycles. The average molecular weight is 506 g/mol. The molecule has 2 aromatic rings. The Morgan fingerprint density at radius 2 is 1.76 bits per heavy atom. The molecule has 1 N–H and O–H groups in total. The highest BCUT2D eigenvalue weighted by atomic mass is 35.5. The molecule has 0 aliphatic heterocycles. The second kappa shape index (κ2) is 11.2. The van der Waals surface area contributed by atoms with Crippen molar-refractivity contribution in [3.05, 3.63) is 64.7 Å². The summed E-state index contributed by atoms with van der Waals surface area (Å²) in [6.07, 6.45) is 5.07. The van der Waals surface area contributed by atoms with E-state index in [1.165, 1.54) is 4.90 Å². The van der Waals surface area contributed by atoms with Crippen LogP contribution in [0.15, 0.2) is 48.5 Å². The van der Waals surface area contributed by atoms with Crippen LogP contribution in [0.1, 0.15) is 43.7 Å². The molecule has 1 saturated carbocycles. The highest BCUT2D eigenvalue weighted by Crippen LogP contribution is 2.21. The fraction of sp³-hybridized carbons (Fsp3) is 0.440. The third-order valence-corrected chi connectivity index (χ3v) is 7.49. The number of carbonyl (C=O) groups excluding carboxylic acids is 2. The Labute approximate surface area is 207 Å². The number of aryl methyl sites for hydroxylation is 1. The van der Waals surface area contributed by atoms with E-state index in [1.807, 2.05) is 13.0 Å². The molecule has 0 saturated heterocycles. The summed E-state index contributed by atoms with van der Waals surface area (Å²) < 4.78 is 26.2. The molecular formula is C25H32ClN3O4S. The summed E-state index contributed by atoms with van der Waals surface area (Å²) >= 11 is 6.13. The number of nitrogens with one attached hydrogen (secondary N) is 1. The molecule has 0 aromatic heterocycles. The SMILES string of the molecule is Cc1ccc(N(CC(=O)N(Cc2cccc(Cl)c2)C(C)C(=O)NC2CCCC2)S(C)(=O)=O)cc1. The van der Waals surface area contributed by atoms with Crippen molar-refractivity contribution in [2.24, 2.45) is 0 Å². The highest BCUT2D eigenvalue weighted by Gasteiger charge is 2.31. The van der Waals surface area contributed by atoms with Gasteiger partial charge in [0, 0.05) is 17.6 Å². The van der Waals surface area contributed by atoms with Gasteiger partial charge in [0.25, 0.3) is 0 Å². The minimum atomic E-state index is -3.74. The van der Waals surface area contributed by atoms with Crippen LogP contribution in [0.5, 0.6) is 0 Å². The van der Waals surface area contributed by atoms with Crippen LogP contribution in [0.4, 0.5) is 5.69 Å². The maximum absolute atomic E-state index is 13.5. The second-order valence-corrected chi connectivity index (χ2v) is 11.3. The molecule has 1 fully saturated rings. The van der Waals surface area contributed by atoms with E-state index in [-0.39, 0.29) is 18.5 Å². The molecule has 1 atom stereocenters. The van der Waals surface area contributed by atoms with Gasteiger partial charge in [-0.05, 0) is 56.5 Å². The Morgan fingerprint density at radius 3 is 2.35 bits per heavy atom. The normalized spacial score (nSPS) is 15.1. The molecule has 184 valence electrons. The van der Waals surface area contributed by atoms with Gasteiger partial charge in [0.1, 0.15) is 12.6 Å². The first-order valence-corrected chi connectivity index (χ1v) is 13.7. The molecule has 7 nitrogen and oxygen atoms in total. The monoisotopic (exact) mass is 505 g/mol. The number of nitrogens with zero attached hydrogens (tertiary/aromatic N) is 2. The van der Waals surface area contributed by atoms with E-state index in [4.69, 9.17) is 11.6 Å². The number of hydrogen-bond donors (Lipinski definition) is 1. The molecule has 3 rings (SSSR count). The minimum absolute atomic E-state index is 0.109. The number of sulfonamides is 1. The minimum Gasteiger partial charge on any atom is -0.352 e. The van der Waals surface area contributed by atoms with Crippen LogP contribution < -0.4 is 9.62 Å². The molecule has 0 heterocycles. The third kappa shape index (κ3) is 6.96. The Bertz CT molecular complexity index is 1120. The maximum Gasteiger partial charge on any atom is 0.244 e. The van der Waals surface area contributed by atoms with Crippen molar-refractivity contribution in [3.8, 4) is 0 Å². The van der Waals surface area contributed by atoms with Gasteiger partial charge in [0.2, 0.25) is 21.8 Å². The highest BCUT2D eigenvalue weighted by molar-refractivity contribution is 7.92. The average Bonchev–Trinajstić information content (AvgIpc) is 3.28. The zero-order valence-electron chi connectivity index (χ0n) is 19.8. The van der Waals surface area contributed by atoms with Gasteiger partial charge in [0.15, 0.2) is 0 Å². The van der Waals surface area contributed by atoms with Crippen molar-refractivity contribution < 1.29 is 18.0 Å². The van der Waals surface area contributed by atoms with E-state index in [0.717, 1.165) is 47.4 Å². The van der Waals surface area contributed by atoms with E-state index in [0.29, 0.717) is 10.7 Å². The first-order chi connectivity index (χ1) is 16.0. The van der Waals surface area contributed by atoms with Crippen LogP contribution in [-0.2, 0) is 26.2 Å². The second-order valence-electron chi connectivity index (χ2n) is 8.92. The topological polar surface area (TPSA) is 86.8 Å². The van der Waals surface area contributed by atoms with Crippen molar-refractivity contribution in [1.29, 1.82) is 0 Å².